The van der Waals surface area contributed by atoms with E-state index in [2.05, 4.69) is 15.5 Å². The van der Waals surface area contributed by atoms with E-state index in [0.29, 0.717) is 29.4 Å². The first-order valence-electron chi connectivity index (χ1n) is 10.5. The monoisotopic (exact) mass is 451 g/mol. The Labute approximate surface area is 189 Å². The van der Waals surface area contributed by atoms with E-state index >= 15 is 0 Å². The maximum absolute atomic E-state index is 12.9. The number of carbonyl (C=O) groups excluding carboxylic acids is 1. The van der Waals surface area contributed by atoms with Crippen molar-refractivity contribution in [1.29, 1.82) is 0 Å². The lowest BCUT2D eigenvalue weighted by molar-refractivity contribution is -0.120. The van der Waals surface area contributed by atoms with Crippen molar-refractivity contribution in [3.63, 3.8) is 0 Å². The van der Waals surface area contributed by atoms with Crippen LogP contribution in [0.5, 0.6) is 5.75 Å². The van der Waals surface area contributed by atoms with Crippen molar-refractivity contribution in [1.82, 2.24) is 24.5 Å². The molecule has 2 heterocycles. The highest BCUT2D eigenvalue weighted by molar-refractivity contribution is 8.00. The molecular formula is C23H25N5O3S. The van der Waals surface area contributed by atoms with Crippen LogP contribution in [0.4, 0.5) is 0 Å². The average molecular weight is 452 g/mol. The Balaban J connectivity index is 1.58. The zero-order valence-corrected chi connectivity index (χ0v) is 19.1. The average Bonchev–Trinajstić information content (AvgIpc) is 3.24. The molecule has 2 aromatic heterocycles. The minimum absolute atomic E-state index is 0.0795. The summed E-state index contributed by atoms with van der Waals surface area (Å²) in [6, 6.07) is 15.0. The molecule has 9 heteroatoms. The number of nitrogens with zero attached hydrogens (tertiary/aromatic N) is 4. The molecule has 0 fully saturated rings. The van der Waals surface area contributed by atoms with Gasteiger partial charge in [-0.25, -0.2) is 0 Å². The van der Waals surface area contributed by atoms with Crippen LogP contribution in [-0.4, -0.2) is 37.4 Å². The van der Waals surface area contributed by atoms with Crippen molar-refractivity contribution in [2.24, 2.45) is 0 Å². The third kappa shape index (κ3) is 4.20. The zero-order valence-electron chi connectivity index (χ0n) is 18.2. The lowest BCUT2D eigenvalue weighted by Crippen LogP contribution is -2.30. The Kier molecular flexibility index (Phi) is 6.45. The number of thioether (sulfide) groups is 1. The number of carbonyl (C=O) groups is 1. The van der Waals surface area contributed by atoms with E-state index in [4.69, 9.17) is 4.74 Å². The molecule has 0 bridgehead atoms. The van der Waals surface area contributed by atoms with Gasteiger partial charge in [-0.15, -0.1) is 10.2 Å². The third-order valence-electron chi connectivity index (χ3n) is 5.20. The minimum atomic E-state index is -0.397. The normalized spacial score (nSPS) is 12.2. The van der Waals surface area contributed by atoms with Crippen LogP contribution in [0.2, 0.25) is 0 Å². The van der Waals surface area contributed by atoms with Gasteiger partial charge in [0.05, 0.1) is 23.3 Å². The molecule has 1 atom stereocenters. The van der Waals surface area contributed by atoms with Crippen molar-refractivity contribution in [2.45, 2.75) is 43.8 Å². The fourth-order valence-corrected chi connectivity index (χ4v) is 4.40. The Morgan fingerprint density at radius 1 is 1.16 bits per heavy atom. The fraction of sp³-hybridized carbons (Fsp3) is 0.304. The molecule has 0 aliphatic heterocycles. The standard InChI is InChI=1S/C23H25N5O3S/c1-4-13-27-21(30)18-7-5-6-8-19(18)28-22(27)25-26-23(28)32-15(2)20(29)24-14-16-9-11-17(31-3)12-10-16/h5-12,15H,4,13-14H2,1-3H3,(H,24,29). The molecule has 0 radical (unpaired) electrons. The van der Waals surface area contributed by atoms with Gasteiger partial charge in [0.2, 0.25) is 11.7 Å². The van der Waals surface area contributed by atoms with Gasteiger partial charge >= 0.3 is 0 Å². The van der Waals surface area contributed by atoms with Crippen LogP contribution in [-0.2, 0) is 17.9 Å². The van der Waals surface area contributed by atoms with Gasteiger partial charge in [0.1, 0.15) is 5.75 Å². The number of aromatic nitrogens is 4. The van der Waals surface area contributed by atoms with Gasteiger partial charge < -0.3 is 10.1 Å². The number of fused-ring (bicyclic) bond motifs is 3. The van der Waals surface area contributed by atoms with E-state index in [1.807, 2.05) is 66.8 Å². The van der Waals surface area contributed by atoms with Crippen LogP contribution in [0.25, 0.3) is 16.7 Å². The number of amides is 1. The Hall–Kier alpha value is -3.33. The number of hydrogen-bond acceptors (Lipinski definition) is 6. The summed E-state index contributed by atoms with van der Waals surface area (Å²) >= 11 is 1.32. The number of hydrogen-bond donors (Lipinski definition) is 1. The second kappa shape index (κ2) is 9.44. The van der Waals surface area contributed by atoms with E-state index in [0.717, 1.165) is 23.3 Å². The van der Waals surface area contributed by atoms with E-state index in [1.165, 1.54) is 11.8 Å². The molecule has 1 unspecified atom stereocenters. The van der Waals surface area contributed by atoms with Gasteiger partial charge in [-0.05, 0) is 43.2 Å². The van der Waals surface area contributed by atoms with Crippen LogP contribution in [0, 0.1) is 0 Å². The Bertz CT molecular complexity index is 1310. The predicted molar refractivity (Wildman–Crippen MR) is 125 cm³/mol. The zero-order chi connectivity index (χ0) is 22.7. The smallest absolute Gasteiger partial charge is 0.262 e. The van der Waals surface area contributed by atoms with Crippen molar-refractivity contribution in [3.8, 4) is 5.75 Å². The lowest BCUT2D eigenvalue weighted by Gasteiger charge is -2.13. The van der Waals surface area contributed by atoms with Crippen LogP contribution >= 0.6 is 11.8 Å². The number of benzene rings is 2. The number of nitrogens with one attached hydrogen (secondary N) is 1. The largest absolute Gasteiger partial charge is 0.497 e. The topological polar surface area (TPSA) is 90.5 Å². The highest BCUT2D eigenvalue weighted by Gasteiger charge is 2.21. The molecule has 1 amide bonds. The van der Waals surface area contributed by atoms with Gasteiger partial charge in [0.15, 0.2) is 5.16 Å². The maximum atomic E-state index is 12.9. The fourth-order valence-electron chi connectivity index (χ4n) is 3.52. The van der Waals surface area contributed by atoms with E-state index in [1.54, 1.807) is 11.7 Å². The molecular weight excluding hydrogens is 426 g/mol. The molecule has 166 valence electrons. The number of para-hydroxylation sites is 1. The molecule has 0 spiro atoms. The van der Waals surface area contributed by atoms with Crippen molar-refractivity contribution in [2.75, 3.05) is 7.11 Å². The molecule has 0 saturated heterocycles. The maximum Gasteiger partial charge on any atom is 0.262 e. The van der Waals surface area contributed by atoms with Crippen molar-refractivity contribution >= 4 is 34.3 Å². The SMILES string of the molecule is CCCn1c(=O)c2ccccc2n2c(SC(C)C(=O)NCc3ccc(OC)cc3)nnc12. The first-order valence-corrected chi connectivity index (χ1v) is 11.4. The van der Waals surface area contributed by atoms with Crippen LogP contribution in [0.15, 0.2) is 58.5 Å². The van der Waals surface area contributed by atoms with Gasteiger partial charge in [0.25, 0.3) is 5.56 Å². The van der Waals surface area contributed by atoms with Crippen molar-refractivity contribution < 1.29 is 9.53 Å². The second-order valence-electron chi connectivity index (χ2n) is 7.42. The van der Waals surface area contributed by atoms with E-state index < -0.39 is 5.25 Å². The molecule has 1 N–H and O–H groups in total. The predicted octanol–water partition coefficient (Wildman–Crippen LogP) is 3.26. The Morgan fingerprint density at radius 3 is 2.62 bits per heavy atom. The molecule has 4 rings (SSSR count). The summed E-state index contributed by atoms with van der Waals surface area (Å²) in [7, 11) is 1.62. The van der Waals surface area contributed by atoms with Gasteiger partial charge in [0, 0.05) is 13.1 Å². The second-order valence-corrected chi connectivity index (χ2v) is 8.73. The van der Waals surface area contributed by atoms with Gasteiger partial charge in [-0.3, -0.25) is 18.6 Å². The molecule has 2 aromatic carbocycles. The summed E-state index contributed by atoms with van der Waals surface area (Å²) in [5.74, 6) is 1.16. The number of ether oxygens (including phenoxy) is 1. The molecule has 32 heavy (non-hydrogen) atoms. The molecule has 4 aromatic rings. The minimum Gasteiger partial charge on any atom is -0.497 e. The highest BCUT2D eigenvalue weighted by Crippen LogP contribution is 2.25. The lowest BCUT2D eigenvalue weighted by atomic mass is 10.2. The first kappa shape index (κ1) is 21.9. The Morgan fingerprint density at radius 2 is 1.91 bits per heavy atom. The van der Waals surface area contributed by atoms with Crippen LogP contribution in [0.1, 0.15) is 25.8 Å². The number of rotatable bonds is 8. The summed E-state index contributed by atoms with van der Waals surface area (Å²) < 4.78 is 8.67. The van der Waals surface area contributed by atoms with Crippen LogP contribution in [0.3, 0.4) is 0 Å². The molecule has 8 nitrogen and oxygen atoms in total. The quantitative estimate of drug-likeness (QED) is 0.414. The summed E-state index contributed by atoms with van der Waals surface area (Å²) in [4.78, 5) is 25.7. The summed E-state index contributed by atoms with van der Waals surface area (Å²) in [6.45, 7) is 4.82. The third-order valence-corrected chi connectivity index (χ3v) is 6.25. The summed E-state index contributed by atoms with van der Waals surface area (Å²) in [6.07, 6.45) is 0.799. The molecule has 0 aliphatic rings. The molecule has 0 aliphatic carbocycles. The van der Waals surface area contributed by atoms with E-state index in [-0.39, 0.29) is 11.5 Å². The van der Waals surface area contributed by atoms with Crippen molar-refractivity contribution in [3.05, 3.63) is 64.4 Å². The number of methoxy groups -OCH3 is 1. The molecule has 0 saturated carbocycles. The van der Waals surface area contributed by atoms with Crippen LogP contribution < -0.4 is 15.6 Å². The highest BCUT2D eigenvalue weighted by atomic mass is 32.2. The van der Waals surface area contributed by atoms with Gasteiger partial charge in [-0.2, -0.15) is 0 Å². The first-order chi connectivity index (χ1) is 15.5. The van der Waals surface area contributed by atoms with E-state index in [9.17, 15) is 9.59 Å². The summed E-state index contributed by atoms with van der Waals surface area (Å²) in [5, 5.41) is 12.3. The summed E-state index contributed by atoms with van der Waals surface area (Å²) in [5.41, 5.74) is 1.64. The number of aryl methyl sites for hydroxylation is 1. The van der Waals surface area contributed by atoms with Gasteiger partial charge in [-0.1, -0.05) is 43.0 Å².